The van der Waals surface area contributed by atoms with Gasteiger partial charge in [0.15, 0.2) is 0 Å². The second-order valence-corrected chi connectivity index (χ2v) is 6.97. The molecule has 118 valence electrons. The summed E-state index contributed by atoms with van der Waals surface area (Å²) in [6, 6.07) is 0.0625. The second kappa shape index (κ2) is 8.66. The molecule has 1 amide bonds. The molecule has 3 nitrogen and oxygen atoms in total. The van der Waals surface area contributed by atoms with E-state index in [1.165, 1.54) is 12.8 Å². The van der Waals surface area contributed by atoms with Gasteiger partial charge in [0, 0.05) is 6.54 Å². The van der Waals surface area contributed by atoms with Crippen molar-refractivity contribution < 1.29 is 4.79 Å². The summed E-state index contributed by atoms with van der Waals surface area (Å²) in [5.41, 5.74) is 0. The van der Waals surface area contributed by atoms with E-state index in [1.54, 1.807) is 0 Å². The van der Waals surface area contributed by atoms with Crippen molar-refractivity contribution in [1.82, 2.24) is 10.2 Å². The molecular formula is C17H34N2O. The molecule has 2 unspecified atom stereocenters. The Kier molecular flexibility index (Phi) is 7.57. The summed E-state index contributed by atoms with van der Waals surface area (Å²) in [6.07, 6.45) is 7.15. The van der Waals surface area contributed by atoms with Crippen molar-refractivity contribution in [3.05, 3.63) is 0 Å². The van der Waals surface area contributed by atoms with E-state index in [0.717, 1.165) is 38.1 Å². The van der Waals surface area contributed by atoms with Gasteiger partial charge in [0.05, 0.1) is 12.2 Å². The minimum absolute atomic E-state index is 0.0625. The number of hydrogen-bond acceptors (Lipinski definition) is 2. The van der Waals surface area contributed by atoms with Crippen LogP contribution in [0.5, 0.6) is 0 Å². The second-order valence-electron chi connectivity index (χ2n) is 6.97. The molecule has 1 saturated heterocycles. The minimum atomic E-state index is 0.0625. The van der Waals surface area contributed by atoms with Crippen molar-refractivity contribution in [3.8, 4) is 0 Å². The molecule has 2 atom stereocenters. The molecule has 1 fully saturated rings. The van der Waals surface area contributed by atoms with E-state index < -0.39 is 0 Å². The molecule has 1 heterocycles. The third-order valence-electron chi connectivity index (χ3n) is 4.20. The lowest BCUT2D eigenvalue weighted by atomic mass is 10.1. The molecule has 20 heavy (non-hydrogen) atoms. The average molecular weight is 282 g/mol. The van der Waals surface area contributed by atoms with Gasteiger partial charge in [0.25, 0.3) is 0 Å². The van der Waals surface area contributed by atoms with Crippen molar-refractivity contribution in [3.63, 3.8) is 0 Å². The first-order valence-electron chi connectivity index (χ1n) is 8.53. The monoisotopic (exact) mass is 282 g/mol. The summed E-state index contributed by atoms with van der Waals surface area (Å²) in [6.45, 7) is 12.0. The SMILES string of the molecule is CCCCC1NC(C(C)C)N(CCCCC(C)C)C1=O. The Hall–Kier alpha value is -0.570. The van der Waals surface area contributed by atoms with E-state index in [1.807, 2.05) is 0 Å². The van der Waals surface area contributed by atoms with Crippen molar-refractivity contribution in [2.45, 2.75) is 85.4 Å². The highest BCUT2D eigenvalue weighted by molar-refractivity contribution is 5.84. The third kappa shape index (κ3) is 5.08. The number of nitrogens with one attached hydrogen (secondary N) is 1. The van der Waals surface area contributed by atoms with Gasteiger partial charge in [-0.15, -0.1) is 0 Å². The van der Waals surface area contributed by atoms with Gasteiger partial charge in [-0.2, -0.15) is 0 Å². The molecule has 0 spiro atoms. The van der Waals surface area contributed by atoms with Crippen LogP contribution in [0.4, 0.5) is 0 Å². The van der Waals surface area contributed by atoms with Crippen molar-refractivity contribution in [2.24, 2.45) is 11.8 Å². The minimum Gasteiger partial charge on any atom is -0.326 e. The molecule has 3 heteroatoms. The van der Waals surface area contributed by atoms with Gasteiger partial charge >= 0.3 is 0 Å². The fraction of sp³-hybridized carbons (Fsp3) is 0.941. The largest absolute Gasteiger partial charge is 0.326 e. The number of rotatable bonds is 9. The molecule has 1 N–H and O–H groups in total. The Labute approximate surface area is 125 Å². The van der Waals surface area contributed by atoms with Crippen LogP contribution in [0, 0.1) is 11.8 Å². The van der Waals surface area contributed by atoms with E-state index in [2.05, 4.69) is 44.8 Å². The van der Waals surface area contributed by atoms with Crippen LogP contribution in [-0.4, -0.2) is 29.6 Å². The van der Waals surface area contributed by atoms with Crippen LogP contribution in [0.1, 0.15) is 73.1 Å². The van der Waals surface area contributed by atoms with Crippen LogP contribution < -0.4 is 5.32 Å². The quantitative estimate of drug-likeness (QED) is 0.653. The maximum atomic E-state index is 12.5. The van der Waals surface area contributed by atoms with Crippen LogP contribution in [0.2, 0.25) is 0 Å². The highest BCUT2D eigenvalue weighted by atomic mass is 16.2. The molecule has 1 aliphatic heterocycles. The first kappa shape index (κ1) is 17.5. The topological polar surface area (TPSA) is 32.3 Å². The Morgan fingerprint density at radius 1 is 1.15 bits per heavy atom. The maximum absolute atomic E-state index is 12.5. The highest BCUT2D eigenvalue weighted by Gasteiger charge is 2.39. The number of carbonyl (C=O) groups is 1. The van der Waals surface area contributed by atoms with Gasteiger partial charge in [0.1, 0.15) is 0 Å². The Morgan fingerprint density at radius 2 is 1.85 bits per heavy atom. The molecule has 0 radical (unpaired) electrons. The zero-order valence-electron chi connectivity index (χ0n) is 14.1. The summed E-state index contributed by atoms with van der Waals surface area (Å²) >= 11 is 0. The maximum Gasteiger partial charge on any atom is 0.241 e. The van der Waals surface area contributed by atoms with E-state index in [9.17, 15) is 4.79 Å². The molecule has 1 rings (SSSR count). The van der Waals surface area contributed by atoms with Gasteiger partial charge in [-0.25, -0.2) is 0 Å². The van der Waals surface area contributed by atoms with Crippen molar-refractivity contribution in [2.75, 3.05) is 6.54 Å². The molecular weight excluding hydrogens is 248 g/mol. The summed E-state index contributed by atoms with van der Waals surface area (Å²) in [7, 11) is 0. The zero-order valence-corrected chi connectivity index (χ0v) is 14.1. The molecule has 0 aromatic carbocycles. The molecule has 0 saturated carbocycles. The Morgan fingerprint density at radius 3 is 2.40 bits per heavy atom. The standard InChI is InChI=1S/C17H34N2O/c1-6-7-11-15-17(20)19(16(18-15)14(4)5)12-9-8-10-13(2)3/h13-16,18H,6-12H2,1-5H3. The van der Waals surface area contributed by atoms with Crippen LogP contribution in [0.3, 0.4) is 0 Å². The van der Waals surface area contributed by atoms with Gasteiger partial charge in [-0.05, 0) is 24.7 Å². The predicted molar refractivity (Wildman–Crippen MR) is 85.5 cm³/mol. The van der Waals surface area contributed by atoms with Gasteiger partial charge in [-0.1, -0.05) is 60.3 Å². The van der Waals surface area contributed by atoms with Crippen molar-refractivity contribution >= 4 is 5.91 Å². The lowest BCUT2D eigenvalue weighted by Gasteiger charge is -2.27. The Bertz CT molecular complexity index is 289. The van der Waals surface area contributed by atoms with Gasteiger partial charge in [0.2, 0.25) is 5.91 Å². The summed E-state index contributed by atoms with van der Waals surface area (Å²) in [5, 5.41) is 3.55. The molecule has 0 aliphatic carbocycles. The Balaban J connectivity index is 2.49. The summed E-state index contributed by atoms with van der Waals surface area (Å²) in [5.74, 6) is 1.58. The van der Waals surface area contributed by atoms with Crippen LogP contribution in [0.25, 0.3) is 0 Å². The molecule has 0 bridgehead atoms. The van der Waals surface area contributed by atoms with E-state index >= 15 is 0 Å². The average Bonchev–Trinajstić information content (AvgIpc) is 2.69. The number of carbonyl (C=O) groups excluding carboxylic acids is 1. The van der Waals surface area contributed by atoms with E-state index in [-0.39, 0.29) is 12.2 Å². The zero-order chi connectivity index (χ0) is 15.1. The fourth-order valence-corrected chi connectivity index (χ4v) is 2.96. The van der Waals surface area contributed by atoms with Crippen LogP contribution >= 0.6 is 0 Å². The smallest absolute Gasteiger partial charge is 0.241 e. The highest BCUT2D eigenvalue weighted by Crippen LogP contribution is 2.21. The number of nitrogens with zero attached hydrogens (tertiary/aromatic N) is 1. The summed E-state index contributed by atoms with van der Waals surface area (Å²) < 4.78 is 0. The fourth-order valence-electron chi connectivity index (χ4n) is 2.96. The predicted octanol–water partition coefficient (Wildman–Crippen LogP) is 3.79. The molecule has 0 aromatic heterocycles. The normalized spacial score (nSPS) is 23.4. The van der Waals surface area contributed by atoms with Crippen molar-refractivity contribution in [1.29, 1.82) is 0 Å². The third-order valence-corrected chi connectivity index (χ3v) is 4.20. The molecule has 1 aliphatic rings. The number of hydrogen-bond donors (Lipinski definition) is 1. The van der Waals surface area contributed by atoms with E-state index in [0.29, 0.717) is 11.8 Å². The van der Waals surface area contributed by atoms with Gasteiger partial charge < -0.3 is 4.90 Å². The lowest BCUT2D eigenvalue weighted by molar-refractivity contribution is -0.130. The number of unbranched alkanes of at least 4 members (excludes halogenated alkanes) is 2. The first-order chi connectivity index (χ1) is 9.47. The van der Waals surface area contributed by atoms with E-state index in [4.69, 9.17) is 0 Å². The summed E-state index contributed by atoms with van der Waals surface area (Å²) in [4.78, 5) is 14.6. The number of amides is 1. The molecule has 0 aromatic rings. The van der Waals surface area contributed by atoms with Crippen LogP contribution in [0.15, 0.2) is 0 Å². The van der Waals surface area contributed by atoms with Gasteiger partial charge in [-0.3, -0.25) is 10.1 Å². The lowest BCUT2D eigenvalue weighted by Crippen LogP contribution is -2.42. The van der Waals surface area contributed by atoms with Crippen LogP contribution in [-0.2, 0) is 4.79 Å². The first-order valence-corrected chi connectivity index (χ1v) is 8.53.